The van der Waals surface area contributed by atoms with Gasteiger partial charge in [0.25, 0.3) is 0 Å². The molecule has 2 rings (SSSR count). The van der Waals surface area contributed by atoms with E-state index in [0.29, 0.717) is 11.5 Å². The Bertz CT molecular complexity index is 373. The zero-order valence-electron chi connectivity index (χ0n) is 11.7. The van der Waals surface area contributed by atoms with Crippen LogP contribution in [0, 0.1) is 5.92 Å². The Morgan fingerprint density at radius 2 is 2.06 bits per heavy atom. The molecule has 1 heterocycles. The third kappa shape index (κ3) is 3.32. The molecule has 2 atom stereocenters. The minimum atomic E-state index is 0.309. The zero-order chi connectivity index (χ0) is 12.6. The average Bonchev–Trinajstić information content (AvgIpc) is 2.79. The van der Waals surface area contributed by atoms with Crippen LogP contribution >= 0.6 is 11.3 Å². The summed E-state index contributed by atoms with van der Waals surface area (Å²) < 4.78 is 0. The van der Waals surface area contributed by atoms with E-state index in [1.807, 2.05) is 11.3 Å². The van der Waals surface area contributed by atoms with Gasteiger partial charge in [0, 0.05) is 15.8 Å². The van der Waals surface area contributed by atoms with Gasteiger partial charge in [0.2, 0.25) is 0 Å². The van der Waals surface area contributed by atoms with Crippen LogP contribution in [0.2, 0.25) is 0 Å². The maximum absolute atomic E-state index is 3.55. The SMILES string of the molecule is CC(C)NCC1CC1c1ccc(C(C)(C)C)s1. The van der Waals surface area contributed by atoms with Crippen molar-refractivity contribution >= 4 is 11.3 Å². The summed E-state index contributed by atoms with van der Waals surface area (Å²) >= 11 is 2.02. The van der Waals surface area contributed by atoms with Crippen LogP contribution in [0.25, 0.3) is 0 Å². The fraction of sp³-hybridized carbons (Fsp3) is 0.733. The molecule has 0 aliphatic heterocycles. The van der Waals surface area contributed by atoms with E-state index in [-0.39, 0.29) is 0 Å². The second kappa shape index (κ2) is 4.74. The normalized spacial score (nSPS) is 24.4. The second-order valence-corrected chi connectivity index (χ2v) is 7.73. The zero-order valence-corrected chi connectivity index (χ0v) is 12.5. The van der Waals surface area contributed by atoms with E-state index in [1.165, 1.54) is 17.8 Å². The highest BCUT2D eigenvalue weighted by Gasteiger charge is 2.39. The van der Waals surface area contributed by atoms with Crippen LogP contribution in [-0.2, 0) is 5.41 Å². The van der Waals surface area contributed by atoms with Crippen LogP contribution in [0.4, 0.5) is 0 Å². The molecule has 1 nitrogen and oxygen atoms in total. The Balaban J connectivity index is 1.91. The molecule has 1 aromatic rings. The summed E-state index contributed by atoms with van der Waals surface area (Å²) in [5, 5.41) is 3.55. The lowest BCUT2D eigenvalue weighted by molar-refractivity contribution is 0.555. The van der Waals surface area contributed by atoms with Crippen LogP contribution in [0.1, 0.15) is 56.7 Å². The fourth-order valence-electron chi connectivity index (χ4n) is 2.16. The van der Waals surface area contributed by atoms with E-state index < -0.39 is 0 Å². The van der Waals surface area contributed by atoms with Gasteiger partial charge >= 0.3 is 0 Å². The largest absolute Gasteiger partial charge is 0.314 e. The first kappa shape index (κ1) is 13.1. The Hall–Kier alpha value is -0.340. The Morgan fingerprint density at radius 1 is 1.35 bits per heavy atom. The summed E-state index contributed by atoms with van der Waals surface area (Å²) in [5.41, 5.74) is 0.309. The summed E-state index contributed by atoms with van der Waals surface area (Å²) in [7, 11) is 0. The molecule has 2 heteroatoms. The van der Waals surface area contributed by atoms with Crippen LogP contribution in [-0.4, -0.2) is 12.6 Å². The van der Waals surface area contributed by atoms with E-state index in [0.717, 1.165) is 11.8 Å². The maximum Gasteiger partial charge on any atom is 0.0102 e. The Kier molecular flexibility index (Phi) is 3.65. The summed E-state index contributed by atoms with van der Waals surface area (Å²) in [4.78, 5) is 3.13. The van der Waals surface area contributed by atoms with Crippen molar-refractivity contribution in [3.63, 3.8) is 0 Å². The molecule has 1 saturated carbocycles. The molecule has 0 spiro atoms. The molecule has 2 unspecified atom stereocenters. The van der Waals surface area contributed by atoms with Crippen molar-refractivity contribution in [1.82, 2.24) is 5.32 Å². The number of hydrogen-bond acceptors (Lipinski definition) is 2. The first-order valence-corrected chi connectivity index (χ1v) is 7.53. The molecule has 1 aliphatic rings. The van der Waals surface area contributed by atoms with Gasteiger partial charge in [-0.25, -0.2) is 0 Å². The van der Waals surface area contributed by atoms with E-state index in [4.69, 9.17) is 0 Å². The van der Waals surface area contributed by atoms with Crippen molar-refractivity contribution in [1.29, 1.82) is 0 Å². The van der Waals surface area contributed by atoms with E-state index in [9.17, 15) is 0 Å². The minimum absolute atomic E-state index is 0.309. The van der Waals surface area contributed by atoms with Gasteiger partial charge in [-0.15, -0.1) is 11.3 Å². The average molecular weight is 251 g/mol. The van der Waals surface area contributed by atoms with Crippen LogP contribution in [0.5, 0.6) is 0 Å². The molecule has 96 valence electrons. The van der Waals surface area contributed by atoms with Gasteiger partial charge in [-0.2, -0.15) is 0 Å². The summed E-state index contributed by atoms with van der Waals surface area (Å²) in [6.07, 6.45) is 1.38. The first-order chi connectivity index (χ1) is 7.88. The van der Waals surface area contributed by atoms with E-state index in [2.05, 4.69) is 52.1 Å². The summed E-state index contributed by atoms with van der Waals surface area (Å²) in [5.74, 6) is 1.71. The van der Waals surface area contributed by atoms with Crippen LogP contribution in [0.3, 0.4) is 0 Å². The fourth-order valence-corrected chi connectivity index (χ4v) is 3.44. The van der Waals surface area contributed by atoms with Gasteiger partial charge in [-0.3, -0.25) is 0 Å². The quantitative estimate of drug-likeness (QED) is 0.848. The third-order valence-corrected chi connectivity index (χ3v) is 5.09. The lowest BCUT2D eigenvalue weighted by Gasteiger charge is -2.15. The number of nitrogens with one attached hydrogen (secondary N) is 1. The molecular weight excluding hydrogens is 226 g/mol. The molecule has 1 aliphatic carbocycles. The van der Waals surface area contributed by atoms with E-state index >= 15 is 0 Å². The lowest BCUT2D eigenvalue weighted by atomic mass is 9.95. The van der Waals surface area contributed by atoms with Gasteiger partial charge < -0.3 is 5.32 Å². The second-order valence-electron chi connectivity index (χ2n) is 6.62. The number of thiophene rings is 1. The van der Waals surface area contributed by atoms with Gasteiger partial charge in [0.05, 0.1) is 0 Å². The van der Waals surface area contributed by atoms with Crippen LogP contribution < -0.4 is 5.32 Å². The summed E-state index contributed by atoms with van der Waals surface area (Å²) in [6, 6.07) is 5.29. The van der Waals surface area contributed by atoms with Gasteiger partial charge in [0.15, 0.2) is 0 Å². The summed E-state index contributed by atoms with van der Waals surface area (Å²) in [6.45, 7) is 12.5. The van der Waals surface area contributed by atoms with Gasteiger partial charge in [0.1, 0.15) is 0 Å². The number of hydrogen-bond donors (Lipinski definition) is 1. The van der Waals surface area contributed by atoms with Crippen LogP contribution in [0.15, 0.2) is 12.1 Å². The maximum atomic E-state index is 3.55. The smallest absolute Gasteiger partial charge is 0.0102 e. The molecule has 0 bridgehead atoms. The van der Waals surface area contributed by atoms with Crippen molar-refractivity contribution in [2.24, 2.45) is 5.92 Å². The Morgan fingerprint density at radius 3 is 2.59 bits per heavy atom. The molecule has 0 radical (unpaired) electrons. The Labute approximate surface area is 110 Å². The highest BCUT2D eigenvalue weighted by molar-refractivity contribution is 7.12. The number of rotatable bonds is 4. The molecular formula is C15H25NS. The van der Waals surface area contributed by atoms with Crippen molar-refractivity contribution in [2.75, 3.05) is 6.54 Å². The van der Waals surface area contributed by atoms with Crippen molar-refractivity contribution in [2.45, 2.75) is 58.4 Å². The minimum Gasteiger partial charge on any atom is -0.314 e. The van der Waals surface area contributed by atoms with Gasteiger partial charge in [-0.1, -0.05) is 34.6 Å². The molecule has 0 saturated heterocycles. The third-order valence-electron chi connectivity index (χ3n) is 3.44. The van der Waals surface area contributed by atoms with Crippen molar-refractivity contribution in [3.8, 4) is 0 Å². The van der Waals surface area contributed by atoms with E-state index in [1.54, 1.807) is 4.88 Å². The van der Waals surface area contributed by atoms with Crippen molar-refractivity contribution in [3.05, 3.63) is 21.9 Å². The standard InChI is InChI=1S/C15H25NS/c1-10(2)16-9-11-8-12(11)13-6-7-14(17-13)15(3,4)5/h6-7,10-12,16H,8-9H2,1-5H3. The molecule has 0 aromatic carbocycles. The molecule has 17 heavy (non-hydrogen) atoms. The monoisotopic (exact) mass is 251 g/mol. The van der Waals surface area contributed by atoms with Gasteiger partial charge in [-0.05, 0) is 42.3 Å². The molecule has 1 N–H and O–H groups in total. The predicted octanol–water partition coefficient (Wildman–Crippen LogP) is 4.15. The first-order valence-electron chi connectivity index (χ1n) is 6.71. The topological polar surface area (TPSA) is 12.0 Å². The lowest BCUT2D eigenvalue weighted by Crippen LogP contribution is -2.25. The molecule has 1 fully saturated rings. The van der Waals surface area contributed by atoms with Crippen molar-refractivity contribution < 1.29 is 0 Å². The highest BCUT2D eigenvalue weighted by Crippen LogP contribution is 2.50. The molecule has 1 aromatic heterocycles. The molecule has 0 amide bonds. The predicted molar refractivity (Wildman–Crippen MR) is 77.0 cm³/mol. The highest BCUT2D eigenvalue weighted by atomic mass is 32.1.